The van der Waals surface area contributed by atoms with Crippen LogP contribution in [0.5, 0.6) is 0 Å². The van der Waals surface area contributed by atoms with E-state index < -0.39 is 11.8 Å². The zero-order valence-electron chi connectivity index (χ0n) is 17.2. The third-order valence-electron chi connectivity index (χ3n) is 5.50. The van der Waals surface area contributed by atoms with Crippen molar-refractivity contribution in [1.82, 2.24) is 4.90 Å². The molecule has 0 spiro atoms. The Hall–Kier alpha value is -2.54. The number of methoxy groups -OCH3 is 1. The smallest absolute Gasteiger partial charge is 0.278 e. The molecule has 1 fully saturated rings. The second-order valence-electron chi connectivity index (χ2n) is 7.49. The van der Waals surface area contributed by atoms with Gasteiger partial charge in [-0.3, -0.25) is 14.5 Å². The van der Waals surface area contributed by atoms with E-state index in [0.29, 0.717) is 15.6 Å². The number of rotatable bonds is 7. The molecule has 8 heteroatoms. The Morgan fingerprint density at radius 2 is 1.71 bits per heavy atom. The van der Waals surface area contributed by atoms with Crippen molar-refractivity contribution >= 4 is 52.0 Å². The van der Waals surface area contributed by atoms with Crippen LogP contribution in [0.25, 0.3) is 5.57 Å². The number of carbonyl (C=O) groups is 2. The van der Waals surface area contributed by atoms with Crippen molar-refractivity contribution in [2.75, 3.05) is 43.6 Å². The number of anilines is 2. The molecule has 2 aromatic carbocycles. The number of hydrogen-bond donors (Lipinski definition) is 1. The average molecular weight is 460 g/mol. The van der Waals surface area contributed by atoms with Gasteiger partial charge in [0.1, 0.15) is 5.70 Å². The van der Waals surface area contributed by atoms with Crippen molar-refractivity contribution < 1.29 is 14.3 Å². The van der Waals surface area contributed by atoms with E-state index in [1.807, 2.05) is 24.3 Å². The molecule has 2 aliphatic rings. The second-order valence-corrected chi connectivity index (χ2v) is 8.34. The molecular formula is C23H23Cl2N3O3. The van der Waals surface area contributed by atoms with Crippen LogP contribution >= 0.6 is 23.2 Å². The zero-order chi connectivity index (χ0) is 22.0. The van der Waals surface area contributed by atoms with Crippen molar-refractivity contribution in [3.63, 3.8) is 0 Å². The van der Waals surface area contributed by atoms with Gasteiger partial charge in [0.2, 0.25) is 0 Å². The zero-order valence-corrected chi connectivity index (χ0v) is 18.7. The van der Waals surface area contributed by atoms with E-state index >= 15 is 0 Å². The van der Waals surface area contributed by atoms with E-state index in [2.05, 4.69) is 10.2 Å². The lowest BCUT2D eigenvalue weighted by Gasteiger charge is -2.18. The van der Waals surface area contributed by atoms with Crippen LogP contribution in [0.4, 0.5) is 11.4 Å². The van der Waals surface area contributed by atoms with Gasteiger partial charge in [0.25, 0.3) is 11.8 Å². The summed E-state index contributed by atoms with van der Waals surface area (Å²) in [6, 6.07) is 12.7. The van der Waals surface area contributed by atoms with E-state index in [-0.39, 0.29) is 24.4 Å². The Balaban J connectivity index is 1.68. The largest absolute Gasteiger partial charge is 0.383 e. The van der Waals surface area contributed by atoms with E-state index in [4.69, 9.17) is 27.9 Å². The van der Waals surface area contributed by atoms with Gasteiger partial charge in [-0.15, -0.1) is 0 Å². The molecule has 1 N–H and O–H groups in total. The van der Waals surface area contributed by atoms with Gasteiger partial charge in [-0.05, 0) is 49.2 Å². The summed E-state index contributed by atoms with van der Waals surface area (Å²) in [6.45, 7) is 2.51. The van der Waals surface area contributed by atoms with Crippen molar-refractivity contribution in [1.29, 1.82) is 0 Å². The van der Waals surface area contributed by atoms with Gasteiger partial charge in [-0.1, -0.05) is 29.3 Å². The quantitative estimate of drug-likeness (QED) is 0.620. The number of nitrogens with one attached hydrogen (secondary N) is 1. The highest BCUT2D eigenvalue weighted by Gasteiger charge is 2.39. The molecule has 4 rings (SSSR count). The highest BCUT2D eigenvalue weighted by atomic mass is 35.5. The lowest BCUT2D eigenvalue weighted by Crippen LogP contribution is -2.35. The van der Waals surface area contributed by atoms with Crippen molar-refractivity contribution in [2.45, 2.75) is 12.8 Å². The predicted octanol–water partition coefficient (Wildman–Crippen LogP) is 4.43. The van der Waals surface area contributed by atoms with Gasteiger partial charge in [0, 0.05) is 42.2 Å². The second kappa shape index (κ2) is 9.30. The van der Waals surface area contributed by atoms with Gasteiger partial charge in [0.15, 0.2) is 0 Å². The Morgan fingerprint density at radius 1 is 1.00 bits per heavy atom. The first-order valence-corrected chi connectivity index (χ1v) is 10.9. The lowest BCUT2D eigenvalue weighted by atomic mass is 10.0. The highest BCUT2D eigenvalue weighted by molar-refractivity contribution is 6.41. The predicted molar refractivity (Wildman–Crippen MR) is 123 cm³/mol. The van der Waals surface area contributed by atoms with E-state index in [1.165, 1.54) is 24.9 Å². The summed E-state index contributed by atoms with van der Waals surface area (Å²) in [5.74, 6) is -0.825. The number of halogens is 2. The number of nitrogens with zero attached hydrogens (tertiary/aromatic N) is 2. The summed E-state index contributed by atoms with van der Waals surface area (Å²) in [6.07, 6.45) is 2.40. The first kappa shape index (κ1) is 21.7. The fraction of sp³-hybridized carbons (Fsp3) is 0.304. The molecule has 0 bridgehead atoms. The minimum absolute atomic E-state index is 0.155. The molecule has 0 unspecified atom stereocenters. The number of carbonyl (C=O) groups excluding carboxylic acids is 2. The third kappa shape index (κ3) is 4.42. The van der Waals surface area contributed by atoms with Crippen LogP contribution in [0.2, 0.25) is 10.0 Å². The molecule has 0 radical (unpaired) electrons. The average Bonchev–Trinajstić information content (AvgIpc) is 3.36. The maximum Gasteiger partial charge on any atom is 0.278 e. The van der Waals surface area contributed by atoms with Gasteiger partial charge < -0.3 is 15.0 Å². The Morgan fingerprint density at radius 3 is 2.35 bits per heavy atom. The first-order valence-electron chi connectivity index (χ1n) is 10.2. The fourth-order valence-corrected chi connectivity index (χ4v) is 4.40. The van der Waals surface area contributed by atoms with Crippen LogP contribution in [0.3, 0.4) is 0 Å². The normalized spacial score (nSPS) is 16.6. The molecule has 162 valence electrons. The first-order chi connectivity index (χ1) is 15.0. The standard InChI is InChI=1S/C23H23Cl2N3O3/c1-31-13-12-28-22(29)20(18-9-4-15(24)14-19(18)25)21(23(28)30)26-16-5-7-17(8-6-16)27-10-2-3-11-27/h4-9,14,26H,2-3,10-13H2,1H3. The van der Waals surface area contributed by atoms with Crippen LogP contribution in [0.15, 0.2) is 48.2 Å². The van der Waals surface area contributed by atoms with Crippen LogP contribution in [0.1, 0.15) is 18.4 Å². The van der Waals surface area contributed by atoms with Crippen LogP contribution in [-0.4, -0.2) is 50.1 Å². The number of hydrogen-bond acceptors (Lipinski definition) is 5. The topological polar surface area (TPSA) is 61.9 Å². The molecule has 0 aromatic heterocycles. The Bertz CT molecular complexity index is 1030. The van der Waals surface area contributed by atoms with E-state index in [0.717, 1.165) is 24.5 Å². The maximum atomic E-state index is 13.1. The summed E-state index contributed by atoms with van der Waals surface area (Å²) in [5.41, 5.74) is 2.75. The molecule has 0 saturated carbocycles. The molecule has 2 amide bonds. The molecule has 0 aliphatic carbocycles. The van der Waals surface area contributed by atoms with E-state index in [1.54, 1.807) is 18.2 Å². The summed E-state index contributed by atoms with van der Waals surface area (Å²) < 4.78 is 5.06. The van der Waals surface area contributed by atoms with Crippen molar-refractivity contribution in [3.8, 4) is 0 Å². The molecule has 6 nitrogen and oxygen atoms in total. The highest BCUT2D eigenvalue weighted by Crippen LogP contribution is 2.35. The van der Waals surface area contributed by atoms with Gasteiger partial charge >= 0.3 is 0 Å². The molecule has 31 heavy (non-hydrogen) atoms. The molecule has 1 saturated heterocycles. The monoisotopic (exact) mass is 459 g/mol. The molecule has 2 heterocycles. The summed E-state index contributed by atoms with van der Waals surface area (Å²) in [4.78, 5) is 29.8. The van der Waals surface area contributed by atoms with Gasteiger partial charge in [0.05, 0.1) is 23.7 Å². The molecule has 2 aromatic rings. The summed E-state index contributed by atoms with van der Waals surface area (Å²) >= 11 is 12.4. The third-order valence-corrected chi connectivity index (χ3v) is 6.04. The van der Waals surface area contributed by atoms with Crippen LogP contribution < -0.4 is 10.2 Å². The number of ether oxygens (including phenoxy) is 1. The number of amides is 2. The van der Waals surface area contributed by atoms with Crippen molar-refractivity contribution in [2.24, 2.45) is 0 Å². The minimum Gasteiger partial charge on any atom is -0.383 e. The minimum atomic E-state index is -0.414. The van der Waals surface area contributed by atoms with Gasteiger partial charge in [-0.25, -0.2) is 0 Å². The fourth-order valence-electron chi connectivity index (χ4n) is 3.89. The molecule has 0 atom stereocenters. The van der Waals surface area contributed by atoms with Gasteiger partial charge in [-0.2, -0.15) is 0 Å². The lowest BCUT2D eigenvalue weighted by molar-refractivity contribution is -0.137. The summed E-state index contributed by atoms with van der Waals surface area (Å²) in [7, 11) is 1.52. The summed E-state index contributed by atoms with van der Waals surface area (Å²) in [5, 5.41) is 3.91. The Labute approximate surface area is 191 Å². The number of benzene rings is 2. The van der Waals surface area contributed by atoms with E-state index in [9.17, 15) is 9.59 Å². The van der Waals surface area contributed by atoms with Crippen LogP contribution in [0, 0.1) is 0 Å². The number of imide groups is 1. The SMILES string of the molecule is COCCN1C(=O)C(Nc2ccc(N3CCCC3)cc2)=C(c2ccc(Cl)cc2Cl)C1=O. The van der Waals surface area contributed by atoms with Crippen molar-refractivity contribution in [3.05, 3.63) is 63.8 Å². The maximum absolute atomic E-state index is 13.1. The molecular weight excluding hydrogens is 437 g/mol. The molecule has 2 aliphatic heterocycles. The Kier molecular flexibility index (Phi) is 6.51. The van der Waals surface area contributed by atoms with Crippen LogP contribution in [-0.2, 0) is 14.3 Å².